The molecule has 0 radical (unpaired) electrons. The van der Waals surface area contributed by atoms with E-state index >= 15 is 0 Å². The Morgan fingerprint density at radius 3 is 2.42 bits per heavy atom. The highest BCUT2D eigenvalue weighted by molar-refractivity contribution is 5.98. The molecule has 0 saturated heterocycles. The molecule has 1 atom stereocenters. The maximum absolute atomic E-state index is 12.1. The second-order valence-electron chi connectivity index (χ2n) is 4.61. The smallest absolute Gasteiger partial charge is 0.229 e. The van der Waals surface area contributed by atoms with Crippen LogP contribution in [0.4, 0.5) is 11.4 Å². The molecule has 1 aliphatic heterocycles. The van der Waals surface area contributed by atoms with Gasteiger partial charge < -0.3 is 20.1 Å². The lowest BCUT2D eigenvalue weighted by Crippen LogP contribution is -2.25. The Morgan fingerprint density at radius 2 is 1.84 bits per heavy atom. The van der Waals surface area contributed by atoms with Gasteiger partial charge in [-0.1, -0.05) is 13.3 Å². The highest BCUT2D eigenvalue weighted by atomic mass is 16.5. The van der Waals surface area contributed by atoms with Crippen molar-refractivity contribution < 1.29 is 14.3 Å². The predicted molar refractivity (Wildman–Crippen MR) is 75.1 cm³/mol. The number of amides is 1. The molecule has 0 aliphatic carbocycles. The first-order valence-corrected chi connectivity index (χ1v) is 6.50. The molecule has 5 nitrogen and oxygen atoms in total. The third kappa shape index (κ3) is 2.75. The van der Waals surface area contributed by atoms with E-state index in [-0.39, 0.29) is 11.8 Å². The zero-order valence-electron chi connectivity index (χ0n) is 11.6. The Morgan fingerprint density at radius 1 is 1.21 bits per heavy atom. The molecule has 2 N–H and O–H groups in total. The molecule has 0 spiro atoms. The van der Waals surface area contributed by atoms with Crippen LogP contribution in [0.15, 0.2) is 12.1 Å². The topological polar surface area (TPSA) is 59.6 Å². The number of methoxy groups -OCH3 is 2. The van der Waals surface area contributed by atoms with Gasteiger partial charge in [0.1, 0.15) is 0 Å². The summed E-state index contributed by atoms with van der Waals surface area (Å²) >= 11 is 0. The molecule has 5 heteroatoms. The number of anilines is 2. The van der Waals surface area contributed by atoms with Gasteiger partial charge >= 0.3 is 0 Å². The minimum absolute atomic E-state index is 0.00519. The predicted octanol–water partition coefficient (Wildman–Crippen LogP) is 2.48. The molecule has 2 rings (SSSR count). The van der Waals surface area contributed by atoms with Gasteiger partial charge in [-0.2, -0.15) is 0 Å². The largest absolute Gasteiger partial charge is 0.493 e. The number of carbonyl (C=O) groups is 1. The molecule has 1 unspecified atom stereocenters. The van der Waals surface area contributed by atoms with E-state index in [0.717, 1.165) is 24.2 Å². The lowest BCUT2D eigenvalue weighted by atomic mass is 10.0. The van der Waals surface area contributed by atoms with Gasteiger partial charge in [0, 0.05) is 18.7 Å². The van der Waals surface area contributed by atoms with Gasteiger partial charge in [0.15, 0.2) is 11.5 Å². The third-order valence-electron chi connectivity index (χ3n) is 3.33. The van der Waals surface area contributed by atoms with Crippen molar-refractivity contribution in [3.8, 4) is 11.5 Å². The Bertz CT molecular complexity index is 474. The summed E-state index contributed by atoms with van der Waals surface area (Å²) in [6.45, 7) is 2.72. The van der Waals surface area contributed by atoms with Crippen LogP contribution in [0.1, 0.15) is 19.8 Å². The molecular formula is C14H20N2O3. The second-order valence-corrected chi connectivity index (χ2v) is 4.61. The fraction of sp³-hybridized carbons (Fsp3) is 0.500. The molecule has 1 aromatic rings. The molecule has 0 bridgehead atoms. The van der Waals surface area contributed by atoms with Gasteiger partial charge in [0.05, 0.1) is 31.5 Å². The highest BCUT2D eigenvalue weighted by Gasteiger charge is 2.23. The number of hydrogen-bond acceptors (Lipinski definition) is 4. The average Bonchev–Trinajstić information content (AvgIpc) is 2.57. The van der Waals surface area contributed by atoms with Crippen LogP contribution in [0.2, 0.25) is 0 Å². The first-order valence-electron chi connectivity index (χ1n) is 6.50. The van der Waals surface area contributed by atoms with Gasteiger partial charge in [0.25, 0.3) is 0 Å². The molecular weight excluding hydrogens is 244 g/mol. The van der Waals surface area contributed by atoms with Gasteiger partial charge in [-0.05, 0) is 6.42 Å². The van der Waals surface area contributed by atoms with Gasteiger partial charge in [0.2, 0.25) is 5.91 Å². The van der Waals surface area contributed by atoms with Crippen LogP contribution in [0.5, 0.6) is 11.5 Å². The van der Waals surface area contributed by atoms with Crippen molar-refractivity contribution in [3.05, 3.63) is 12.1 Å². The van der Waals surface area contributed by atoms with Crippen LogP contribution >= 0.6 is 0 Å². The number of hydrogen-bond donors (Lipinski definition) is 2. The Kier molecular flexibility index (Phi) is 4.14. The summed E-state index contributed by atoms with van der Waals surface area (Å²) < 4.78 is 10.5. The Hall–Kier alpha value is -1.91. The van der Waals surface area contributed by atoms with Crippen LogP contribution in [-0.4, -0.2) is 26.7 Å². The van der Waals surface area contributed by atoms with E-state index in [1.54, 1.807) is 20.3 Å². The van der Waals surface area contributed by atoms with E-state index in [4.69, 9.17) is 9.47 Å². The number of rotatable bonds is 4. The van der Waals surface area contributed by atoms with E-state index in [0.29, 0.717) is 18.0 Å². The van der Waals surface area contributed by atoms with Crippen molar-refractivity contribution in [1.29, 1.82) is 0 Å². The lowest BCUT2D eigenvalue weighted by Gasteiger charge is -2.13. The van der Waals surface area contributed by atoms with Crippen LogP contribution in [0, 0.1) is 5.92 Å². The highest BCUT2D eigenvalue weighted by Crippen LogP contribution is 2.37. The standard InChI is InChI=1S/C14H20N2O3/c1-4-5-9-8-15-10-6-12(18-2)13(19-3)7-11(10)16-14(9)17/h6-7,9,15H,4-5,8H2,1-3H3,(H,16,17). The monoisotopic (exact) mass is 264 g/mol. The number of benzene rings is 1. The normalized spacial score (nSPS) is 17.8. The number of ether oxygens (including phenoxy) is 2. The molecule has 1 aromatic carbocycles. The fourth-order valence-corrected chi connectivity index (χ4v) is 2.27. The Balaban J connectivity index is 2.31. The zero-order valence-corrected chi connectivity index (χ0v) is 11.6. The number of carbonyl (C=O) groups excluding carboxylic acids is 1. The minimum atomic E-state index is -0.00519. The molecule has 104 valence electrons. The number of fused-ring (bicyclic) bond motifs is 1. The van der Waals surface area contributed by atoms with Crippen LogP contribution in [0.3, 0.4) is 0 Å². The average molecular weight is 264 g/mol. The molecule has 0 fully saturated rings. The van der Waals surface area contributed by atoms with E-state index in [1.165, 1.54) is 0 Å². The quantitative estimate of drug-likeness (QED) is 0.877. The van der Waals surface area contributed by atoms with Gasteiger partial charge in [-0.15, -0.1) is 0 Å². The maximum Gasteiger partial charge on any atom is 0.229 e. The first kappa shape index (κ1) is 13.5. The van der Waals surface area contributed by atoms with Crippen LogP contribution in [-0.2, 0) is 4.79 Å². The van der Waals surface area contributed by atoms with E-state index in [1.807, 2.05) is 6.07 Å². The summed E-state index contributed by atoms with van der Waals surface area (Å²) in [7, 11) is 3.18. The van der Waals surface area contributed by atoms with Gasteiger partial charge in [-0.3, -0.25) is 4.79 Å². The summed E-state index contributed by atoms with van der Waals surface area (Å²) in [5, 5.41) is 6.24. The zero-order chi connectivity index (χ0) is 13.8. The van der Waals surface area contributed by atoms with Gasteiger partial charge in [-0.25, -0.2) is 0 Å². The Labute approximate surface area is 113 Å². The second kappa shape index (κ2) is 5.82. The molecule has 19 heavy (non-hydrogen) atoms. The summed E-state index contributed by atoms with van der Waals surface area (Å²) in [6.07, 6.45) is 1.86. The summed E-state index contributed by atoms with van der Waals surface area (Å²) in [5.74, 6) is 1.31. The molecule has 1 amide bonds. The van der Waals surface area contributed by atoms with Crippen molar-refractivity contribution in [2.24, 2.45) is 5.92 Å². The molecule has 1 aliphatic rings. The van der Waals surface area contributed by atoms with Crippen molar-refractivity contribution in [2.45, 2.75) is 19.8 Å². The minimum Gasteiger partial charge on any atom is -0.493 e. The summed E-state index contributed by atoms with van der Waals surface area (Å²) in [4.78, 5) is 12.1. The number of nitrogens with one attached hydrogen (secondary N) is 2. The van der Waals surface area contributed by atoms with E-state index in [2.05, 4.69) is 17.6 Å². The van der Waals surface area contributed by atoms with E-state index in [9.17, 15) is 4.79 Å². The molecule has 0 aromatic heterocycles. The molecule has 1 heterocycles. The third-order valence-corrected chi connectivity index (χ3v) is 3.33. The lowest BCUT2D eigenvalue weighted by molar-refractivity contribution is -0.119. The molecule has 0 saturated carbocycles. The maximum atomic E-state index is 12.1. The van der Waals surface area contributed by atoms with E-state index < -0.39 is 0 Å². The van der Waals surface area contributed by atoms with Crippen molar-refractivity contribution in [2.75, 3.05) is 31.4 Å². The SMILES string of the molecule is CCCC1CNc2cc(OC)c(OC)cc2NC1=O. The van der Waals surface area contributed by atoms with Crippen LogP contribution < -0.4 is 20.1 Å². The summed E-state index contributed by atoms with van der Waals surface area (Å²) in [6, 6.07) is 3.64. The van der Waals surface area contributed by atoms with Crippen molar-refractivity contribution in [3.63, 3.8) is 0 Å². The first-order chi connectivity index (χ1) is 9.19. The van der Waals surface area contributed by atoms with Crippen molar-refractivity contribution >= 4 is 17.3 Å². The fourth-order valence-electron chi connectivity index (χ4n) is 2.27. The van der Waals surface area contributed by atoms with Crippen molar-refractivity contribution in [1.82, 2.24) is 0 Å². The summed E-state index contributed by atoms with van der Waals surface area (Å²) in [5.41, 5.74) is 1.60. The van der Waals surface area contributed by atoms with Crippen LogP contribution in [0.25, 0.3) is 0 Å².